The maximum Gasteiger partial charge on any atom is 0.202 e. The number of aliphatic hydroxyl groups excluding tert-OH is 1. The van der Waals surface area contributed by atoms with E-state index >= 15 is 0 Å². The number of nitrogens with zero attached hydrogens (tertiary/aromatic N) is 1. The normalized spacial score (nSPS) is 39.4. The fourth-order valence-corrected chi connectivity index (χ4v) is 9.31. The van der Waals surface area contributed by atoms with Gasteiger partial charge in [-0.3, -0.25) is 14.4 Å². The number of carbonyl (C=O) groups excluding carboxylic acids is 3. The summed E-state index contributed by atoms with van der Waals surface area (Å²) in [6.45, 7) is 7.02. The van der Waals surface area contributed by atoms with Crippen LogP contribution in [0.4, 0.5) is 0 Å². The number of hydrogen-bond acceptors (Lipinski definition) is 16. The lowest BCUT2D eigenvalue weighted by atomic mass is 9.70. The second kappa shape index (κ2) is 14.4. The smallest absolute Gasteiger partial charge is 0.202 e. The van der Waals surface area contributed by atoms with Gasteiger partial charge in [0.2, 0.25) is 5.78 Å². The molecule has 0 amide bonds. The van der Waals surface area contributed by atoms with Crippen LogP contribution in [0.15, 0.2) is 18.2 Å². The number of likely N-dealkylation sites (N-methyl/N-ethyl adjacent to an activating group) is 1. The van der Waals surface area contributed by atoms with Crippen molar-refractivity contribution in [1.29, 1.82) is 0 Å². The lowest BCUT2D eigenvalue weighted by molar-refractivity contribution is -0.371. The van der Waals surface area contributed by atoms with Crippen molar-refractivity contribution in [1.82, 2.24) is 4.90 Å². The predicted octanol–water partition coefficient (Wildman–Crippen LogP) is 2.66. The van der Waals surface area contributed by atoms with Gasteiger partial charge in [-0.25, -0.2) is 0 Å². The second-order valence-corrected chi connectivity index (χ2v) is 16.1. The second-order valence-electron chi connectivity index (χ2n) is 16.1. The molecule has 14 atom stereocenters. The quantitative estimate of drug-likeness (QED) is 0.227. The van der Waals surface area contributed by atoms with E-state index in [2.05, 4.69) is 0 Å². The van der Waals surface area contributed by atoms with Crippen molar-refractivity contribution in [2.45, 2.75) is 145 Å². The summed E-state index contributed by atoms with van der Waals surface area (Å²) in [7, 11) is 3.76. The molecule has 2 aromatic rings. The van der Waals surface area contributed by atoms with E-state index in [9.17, 15) is 39.9 Å². The van der Waals surface area contributed by atoms with Crippen LogP contribution in [0.3, 0.4) is 0 Å². The molecule has 0 radical (unpaired) electrons. The predicted molar refractivity (Wildman–Crippen MR) is 191 cm³/mol. The van der Waals surface area contributed by atoms with Crippen LogP contribution in [-0.4, -0.2) is 135 Å². The Kier molecular flexibility index (Phi) is 10.1. The van der Waals surface area contributed by atoms with E-state index in [1.807, 2.05) is 32.8 Å². The largest absolute Gasteiger partial charge is 0.507 e. The van der Waals surface area contributed by atoms with Crippen LogP contribution < -0.4 is 0 Å². The highest BCUT2D eigenvalue weighted by Crippen LogP contribution is 2.56. The number of Topliss-reactive ketones (excluding diaryl/α,β-unsaturated/α-hetero) is 1. The number of hydrogen-bond donors (Lipinski definition) is 5. The van der Waals surface area contributed by atoms with Gasteiger partial charge >= 0.3 is 0 Å². The summed E-state index contributed by atoms with van der Waals surface area (Å²) >= 11 is 0. The number of benzene rings is 2. The molecule has 2 aliphatic carbocycles. The van der Waals surface area contributed by atoms with Crippen LogP contribution in [0, 0.1) is 0 Å². The first-order valence-corrected chi connectivity index (χ1v) is 19.2. The van der Waals surface area contributed by atoms with Crippen molar-refractivity contribution in [3.8, 4) is 17.2 Å². The van der Waals surface area contributed by atoms with Crippen molar-refractivity contribution >= 4 is 17.3 Å². The van der Waals surface area contributed by atoms with E-state index in [4.69, 9.17) is 33.2 Å². The summed E-state index contributed by atoms with van der Waals surface area (Å²) < 4.78 is 44.1. The highest BCUT2D eigenvalue weighted by Gasteiger charge is 2.54. The molecule has 4 fully saturated rings. The van der Waals surface area contributed by atoms with Crippen LogP contribution in [0.5, 0.6) is 17.2 Å². The Bertz CT molecular complexity index is 1940. The molecule has 16 nitrogen and oxygen atoms in total. The number of phenols is 3. The van der Waals surface area contributed by atoms with E-state index < -0.39 is 119 Å². The third kappa shape index (κ3) is 6.25. The Balaban J connectivity index is 1.05. The molecule has 16 heteroatoms. The molecule has 0 aromatic heterocycles. The van der Waals surface area contributed by atoms with Gasteiger partial charge in [0.05, 0.1) is 46.7 Å². The minimum atomic E-state index is -1.87. The molecule has 0 saturated carbocycles. The summed E-state index contributed by atoms with van der Waals surface area (Å²) in [5, 5.41) is 57.2. The third-order valence-electron chi connectivity index (χ3n) is 12.4. The number of fused-ring (bicyclic) bond motifs is 5. The Labute approximate surface area is 323 Å². The Morgan fingerprint density at radius 2 is 1.50 bits per heavy atom. The van der Waals surface area contributed by atoms with Crippen LogP contribution in [-0.2, 0) is 38.0 Å². The lowest BCUT2D eigenvalue weighted by Gasteiger charge is -2.51. The van der Waals surface area contributed by atoms with Gasteiger partial charge in [-0.2, -0.15) is 0 Å². The first-order valence-electron chi connectivity index (χ1n) is 19.2. The number of aliphatic hydroxyl groups is 2. The van der Waals surface area contributed by atoms with Crippen LogP contribution in [0.2, 0.25) is 0 Å². The minimum Gasteiger partial charge on any atom is -0.507 e. The standard InChI is InChI=1S/C40H49NO15/c1-7-40(49)14-24(28-31(38(40)48)35(47)29-30(34(28)46)33(45)27-18(32(29)44)9-8-10-20(27)42)54-25-11-19(41(5)6)36(16(3)50-25)55-26-13-22-37(17(4)51-26)56-39-23(53-22)12-21(43)15(2)52-39/h8-10,15-17,19,22-26,36-39,42,46-49H,7,11-14H2,1-6H3/t15-,16-,17-,19-,22-,23+,24-,25-,26+,36-,37+,38-,39+,40+/m1/s1. The monoisotopic (exact) mass is 783 g/mol. The van der Waals surface area contributed by atoms with Gasteiger partial charge in [0, 0.05) is 48.4 Å². The molecule has 304 valence electrons. The number of rotatable bonds is 6. The zero-order valence-corrected chi connectivity index (χ0v) is 32.0. The van der Waals surface area contributed by atoms with E-state index in [0.29, 0.717) is 6.42 Å². The Morgan fingerprint density at radius 3 is 2.21 bits per heavy atom. The van der Waals surface area contributed by atoms with Gasteiger partial charge in [-0.1, -0.05) is 19.1 Å². The topological polar surface area (TPSA) is 220 Å². The average Bonchev–Trinajstić information content (AvgIpc) is 3.14. The summed E-state index contributed by atoms with van der Waals surface area (Å²) in [4.78, 5) is 41.8. The van der Waals surface area contributed by atoms with E-state index in [-0.39, 0.29) is 59.8 Å². The van der Waals surface area contributed by atoms with Crippen LogP contribution >= 0.6 is 0 Å². The molecule has 56 heavy (non-hydrogen) atoms. The molecule has 4 saturated heterocycles. The van der Waals surface area contributed by atoms with Crippen molar-refractivity contribution in [2.24, 2.45) is 0 Å². The van der Waals surface area contributed by atoms with Gasteiger partial charge in [0.1, 0.15) is 47.8 Å². The fourth-order valence-electron chi connectivity index (χ4n) is 9.31. The summed E-state index contributed by atoms with van der Waals surface area (Å²) in [6, 6.07) is 3.61. The minimum absolute atomic E-state index is 0.00672. The summed E-state index contributed by atoms with van der Waals surface area (Å²) in [5.74, 6) is -3.74. The molecule has 2 aromatic carbocycles. The maximum absolute atomic E-state index is 13.8. The molecule has 0 bridgehead atoms. The maximum atomic E-state index is 13.8. The lowest BCUT2D eigenvalue weighted by Crippen LogP contribution is -2.62. The van der Waals surface area contributed by atoms with Crippen molar-refractivity contribution in [3.63, 3.8) is 0 Å². The van der Waals surface area contributed by atoms with Gasteiger partial charge in [0.25, 0.3) is 0 Å². The van der Waals surface area contributed by atoms with Crippen molar-refractivity contribution < 1.29 is 73.1 Å². The van der Waals surface area contributed by atoms with E-state index in [1.54, 1.807) is 13.8 Å². The first-order chi connectivity index (χ1) is 26.5. The number of aromatic hydroxyl groups is 3. The number of phenolic OH excluding ortho intramolecular Hbond substituents is 3. The molecule has 8 rings (SSSR count). The molecule has 4 aliphatic heterocycles. The van der Waals surface area contributed by atoms with Crippen molar-refractivity contribution in [3.05, 3.63) is 51.6 Å². The van der Waals surface area contributed by atoms with Gasteiger partial charge in [-0.15, -0.1) is 0 Å². The average molecular weight is 784 g/mol. The molecule has 4 heterocycles. The molecule has 0 unspecified atom stereocenters. The highest BCUT2D eigenvalue weighted by molar-refractivity contribution is 6.31. The SMILES string of the molecule is CC[C@]1(O)C[C@@H](O[C@@H]2C[C@@H](N(C)C)[C@H](O[C@H]3C[C@H]4O[C@H]5CC(=O)[C@@H](C)O[C@H]5O[C@H]4[C@@H](C)O3)[C@@H](C)O2)c2c(O)c3c(c(O)c2[C@H]1O)C(=O)c1cccc(O)c1C3=O. The Hall–Kier alpha value is -3.55. The van der Waals surface area contributed by atoms with Crippen LogP contribution in [0.25, 0.3) is 0 Å². The molecule has 6 aliphatic rings. The molecule has 5 N–H and O–H groups in total. The van der Waals surface area contributed by atoms with E-state index in [1.165, 1.54) is 18.2 Å². The first kappa shape index (κ1) is 39.3. The molecular formula is C40H49NO15. The zero-order valence-electron chi connectivity index (χ0n) is 32.0. The number of ketones is 3. The zero-order chi connectivity index (χ0) is 40.1. The van der Waals surface area contributed by atoms with Gasteiger partial charge < -0.3 is 63.6 Å². The number of carbonyl (C=O) groups is 3. The van der Waals surface area contributed by atoms with Gasteiger partial charge in [0.15, 0.2) is 30.4 Å². The number of ether oxygens (including phenoxy) is 7. The highest BCUT2D eigenvalue weighted by atomic mass is 16.8. The van der Waals surface area contributed by atoms with Crippen molar-refractivity contribution in [2.75, 3.05) is 14.1 Å². The van der Waals surface area contributed by atoms with Gasteiger partial charge in [-0.05, 0) is 47.4 Å². The van der Waals surface area contributed by atoms with Crippen LogP contribution in [0.1, 0.15) is 115 Å². The fraction of sp³-hybridized carbons (Fsp3) is 0.625. The summed E-state index contributed by atoms with van der Waals surface area (Å²) in [5.41, 5.74) is -3.95. The molecular weight excluding hydrogens is 734 g/mol. The summed E-state index contributed by atoms with van der Waals surface area (Å²) in [6.07, 6.45) is -8.31. The molecule has 0 spiro atoms. The third-order valence-corrected chi connectivity index (χ3v) is 12.4. The Morgan fingerprint density at radius 1 is 0.821 bits per heavy atom. The van der Waals surface area contributed by atoms with E-state index in [0.717, 1.165) is 0 Å².